The van der Waals surface area contributed by atoms with E-state index in [4.69, 9.17) is 0 Å². The number of nitrogens with one attached hydrogen (secondary N) is 1. The summed E-state index contributed by atoms with van der Waals surface area (Å²) in [4.78, 5) is 25.6. The first-order valence-corrected chi connectivity index (χ1v) is 12.6. The molecule has 0 rings (SSSR count). The quantitative estimate of drug-likeness (QED) is 0.162. The summed E-state index contributed by atoms with van der Waals surface area (Å²) < 4.78 is 0. The zero-order valence-electron chi connectivity index (χ0n) is 20.4. The molecule has 0 bridgehead atoms. The number of carbonyl (C=O) groups excluding carboxylic acids is 1. The maximum Gasteiger partial charge on any atom is 0.344 e. The Balaban J connectivity index is 3.68. The molecular formula is C25H50N2O3. The van der Waals surface area contributed by atoms with Gasteiger partial charge in [0, 0.05) is 6.42 Å². The number of unbranched alkanes of at least 4 members (excludes halogenated alkanes) is 14. The molecule has 0 aliphatic rings. The SMILES string of the molecule is CCCCCCCCCCCCCCCCCC(=O)NC(CCC)(C(=O)O)N(C)C. The van der Waals surface area contributed by atoms with Crippen LogP contribution in [0.5, 0.6) is 0 Å². The molecule has 0 saturated carbocycles. The monoisotopic (exact) mass is 426 g/mol. The molecule has 1 amide bonds. The molecule has 178 valence electrons. The molecular weight excluding hydrogens is 376 g/mol. The molecule has 0 fully saturated rings. The summed E-state index contributed by atoms with van der Waals surface area (Å²) in [7, 11) is 3.41. The van der Waals surface area contributed by atoms with Crippen LogP contribution in [-0.4, -0.2) is 41.6 Å². The van der Waals surface area contributed by atoms with Crippen molar-refractivity contribution in [2.24, 2.45) is 0 Å². The Morgan fingerprint density at radius 3 is 1.43 bits per heavy atom. The second kappa shape index (κ2) is 18.7. The summed E-state index contributed by atoms with van der Waals surface area (Å²) in [5.41, 5.74) is -1.29. The zero-order valence-corrected chi connectivity index (χ0v) is 20.4. The molecule has 0 aromatic heterocycles. The lowest BCUT2D eigenvalue weighted by molar-refractivity contribution is -0.156. The zero-order chi connectivity index (χ0) is 22.7. The van der Waals surface area contributed by atoms with Gasteiger partial charge in [0.2, 0.25) is 5.91 Å². The Labute approximate surface area is 186 Å². The minimum absolute atomic E-state index is 0.158. The Hall–Kier alpha value is -1.10. The van der Waals surface area contributed by atoms with Crippen LogP contribution in [0.2, 0.25) is 0 Å². The van der Waals surface area contributed by atoms with Crippen LogP contribution < -0.4 is 5.32 Å². The molecule has 5 nitrogen and oxygen atoms in total. The van der Waals surface area contributed by atoms with Crippen LogP contribution in [0.15, 0.2) is 0 Å². The standard InChI is InChI=1S/C25H50N2O3/c1-5-7-8-9-10-11-12-13-14-15-16-17-18-19-20-21-23(28)26-25(22-6-2,24(29)30)27(3)4/h5-22H2,1-4H3,(H,26,28)(H,29,30). The van der Waals surface area contributed by atoms with E-state index in [1.165, 1.54) is 77.0 Å². The lowest BCUT2D eigenvalue weighted by Gasteiger charge is -2.36. The molecule has 0 spiro atoms. The minimum atomic E-state index is -1.29. The number of hydrogen-bond donors (Lipinski definition) is 2. The van der Waals surface area contributed by atoms with Crippen LogP contribution in [0.1, 0.15) is 129 Å². The largest absolute Gasteiger partial charge is 0.478 e. The predicted octanol–water partition coefficient (Wildman–Crippen LogP) is 6.51. The fourth-order valence-electron chi connectivity index (χ4n) is 4.06. The number of amides is 1. The summed E-state index contributed by atoms with van der Waals surface area (Å²) in [6.07, 6.45) is 20.9. The van der Waals surface area contributed by atoms with Gasteiger partial charge < -0.3 is 10.4 Å². The van der Waals surface area contributed by atoms with E-state index in [9.17, 15) is 14.7 Å². The molecule has 0 aliphatic heterocycles. The fourth-order valence-corrected chi connectivity index (χ4v) is 4.06. The third kappa shape index (κ3) is 13.3. The molecule has 0 heterocycles. The molecule has 0 aromatic rings. The molecule has 0 saturated heterocycles. The van der Waals surface area contributed by atoms with Crippen molar-refractivity contribution in [3.05, 3.63) is 0 Å². The second-order valence-electron chi connectivity index (χ2n) is 9.06. The Morgan fingerprint density at radius 1 is 0.700 bits per heavy atom. The van der Waals surface area contributed by atoms with Gasteiger partial charge >= 0.3 is 5.97 Å². The van der Waals surface area contributed by atoms with Crippen LogP contribution in [0.4, 0.5) is 0 Å². The van der Waals surface area contributed by atoms with Gasteiger partial charge in [-0.25, -0.2) is 4.79 Å². The van der Waals surface area contributed by atoms with Crippen LogP contribution >= 0.6 is 0 Å². The summed E-state index contributed by atoms with van der Waals surface area (Å²) >= 11 is 0. The summed E-state index contributed by atoms with van der Waals surface area (Å²) in [5, 5.41) is 12.4. The number of nitrogens with zero attached hydrogens (tertiary/aromatic N) is 1. The first-order chi connectivity index (χ1) is 14.4. The topological polar surface area (TPSA) is 69.6 Å². The van der Waals surface area contributed by atoms with Crippen molar-refractivity contribution in [2.75, 3.05) is 14.1 Å². The number of hydrogen-bond acceptors (Lipinski definition) is 3. The van der Waals surface area contributed by atoms with E-state index in [2.05, 4.69) is 12.2 Å². The van der Waals surface area contributed by atoms with Gasteiger partial charge in [-0.1, -0.05) is 110 Å². The third-order valence-corrected chi connectivity index (χ3v) is 6.08. The lowest BCUT2D eigenvalue weighted by atomic mass is 10.0. The van der Waals surface area contributed by atoms with Crippen molar-refractivity contribution in [3.8, 4) is 0 Å². The lowest BCUT2D eigenvalue weighted by Crippen LogP contribution is -2.63. The fraction of sp³-hybridized carbons (Fsp3) is 0.920. The molecule has 0 aromatic carbocycles. The first-order valence-electron chi connectivity index (χ1n) is 12.6. The number of carboxylic acid groups (broad SMARTS) is 1. The number of rotatable bonds is 21. The molecule has 5 heteroatoms. The first kappa shape index (κ1) is 28.9. The minimum Gasteiger partial charge on any atom is -0.478 e. The summed E-state index contributed by atoms with van der Waals surface area (Å²) in [6, 6.07) is 0. The van der Waals surface area contributed by atoms with Gasteiger partial charge in [-0.15, -0.1) is 0 Å². The number of aliphatic carboxylic acids is 1. The van der Waals surface area contributed by atoms with Gasteiger partial charge in [-0.3, -0.25) is 9.69 Å². The van der Waals surface area contributed by atoms with E-state index in [0.29, 0.717) is 19.3 Å². The van der Waals surface area contributed by atoms with Crippen LogP contribution in [0.3, 0.4) is 0 Å². The Bertz CT molecular complexity index is 440. The van der Waals surface area contributed by atoms with E-state index in [-0.39, 0.29) is 5.91 Å². The van der Waals surface area contributed by atoms with Crippen LogP contribution in [0.25, 0.3) is 0 Å². The van der Waals surface area contributed by atoms with E-state index in [1.807, 2.05) is 6.92 Å². The number of likely N-dealkylation sites (N-methyl/N-ethyl adjacent to an activating group) is 1. The van der Waals surface area contributed by atoms with E-state index in [0.717, 1.165) is 19.3 Å². The average Bonchev–Trinajstić information content (AvgIpc) is 2.70. The number of carboxylic acids is 1. The Kier molecular flexibility index (Phi) is 18.0. The van der Waals surface area contributed by atoms with Crippen molar-refractivity contribution < 1.29 is 14.7 Å². The van der Waals surface area contributed by atoms with E-state index >= 15 is 0 Å². The van der Waals surface area contributed by atoms with Gasteiger partial charge in [0.15, 0.2) is 5.66 Å². The molecule has 1 atom stereocenters. The van der Waals surface area contributed by atoms with Crippen LogP contribution in [0, 0.1) is 0 Å². The molecule has 0 aliphatic carbocycles. The third-order valence-electron chi connectivity index (χ3n) is 6.08. The molecule has 1 unspecified atom stereocenters. The van der Waals surface area contributed by atoms with Gasteiger partial charge in [0.25, 0.3) is 0 Å². The predicted molar refractivity (Wildman–Crippen MR) is 127 cm³/mol. The van der Waals surface area contributed by atoms with Crippen molar-refractivity contribution >= 4 is 11.9 Å². The summed E-state index contributed by atoms with van der Waals surface area (Å²) in [5.74, 6) is -1.14. The van der Waals surface area contributed by atoms with Gasteiger partial charge in [-0.05, 0) is 26.9 Å². The van der Waals surface area contributed by atoms with Crippen molar-refractivity contribution in [1.82, 2.24) is 10.2 Å². The summed E-state index contributed by atoms with van der Waals surface area (Å²) in [6.45, 7) is 4.20. The number of carbonyl (C=O) groups is 2. The van der Waals surface area contributed by atoms with Crippen LogP contribution in [-0.2, 0) is 9.59 Å². The van der Waals surface area contributed by atoms with Gasteiger partial charge in [0.1, 0.15) is 0 Å². The van der Waals surface area contributed by atoms with Gasteiger partial charge in [0.05, 0.1) is 0 Å². The van der Waals surface area contributed by atoms with Crippen molar-refractivity contribution in [2.45, 2.75) is 135 Å². The maximum atomic E-state index is 12.3. The van der Waals surface area contributed by atoms with E-state index < -0.39 is 11.6 Å². The molecule has 30 heavy (non-hydrogen) atoms. The van der Waals surface area contributed by atoms with Crippen molar-refractivity contribution in [3.63, 3.8) is 0 Å². The smallest absolute Gasteiger partial charge is 0.344 e. The molecule has 2 N–H and O–H groups in total. The Morgan fingerprint density at radius 2 is 1.10 bits per heavy atom. The average molecular weight is 427 g/mol. The highest BCUT2D eigenvalue weighted by molar-refractivity contribution is 5.86. The van der Waals surface area contributed by atoms with Gasteiger partial charge in [-0.2, -0.15) is 0 Å². The highest BCUT2D eigenvalue weighted by Crippen LogP contribution is 2.18. The second-order valence-corrected chi connectivity index (χ2v) is 9.06. The van der Waals surface area contributed by atoms with Crippen molar-refractivity contribution in [1.29, 1.82) is 0 Å². The molecule has 0 radical (unpaired) electrons. The normalized spacial score (nSPS) is 13.4. The highest BCUT2D eigenvalue weighted by Gasteiger charge is 2.41. The highest BCUT2D eigenvalue weighted by atomic mass is 16.4. The van der Waals surface area contributed by atoms with E-state index in [1.54, 1.807) is 19.0 Å². The maximum absolute atomic E-state index is 12.3.